The molecule has 0 radical (unpaired) electrons. The quantitative estimate of drug-likeness (QED) is 0.493. The van der Waals surface area contributed by atoms with E-state index in [0.29, 0.717) is 11.1 Å². The summed E-state index contributed by atoms with van der Waals surface area (Å²) >= 11 is 0. The minimum Gasteiger partial charge on any atom is -0.358 e. The molecule has 0 aliphatic heterocycles. The minimum absolute atomic E-state index is 0.0326. The van der Waals surface area contributed by atoms with E-state index in [1.807, 2.05) is 38.1 Å². The molecule has 1 aromatic carbocycles. The zero-order chi connectivity index (χ0) is 20.7. The molecule has 1 aromatic heterocycles. The summed E-state index contributed by atoms with van der Waals surface area (Å²) < 4.78 is 14.0. The van der Waals surface area contributed by atoms with Crippen molar-refractivity contribution in [3.8, 4) is 6.07 Å². The molecule has 0 spiro atoms. The summed E-state index contributed by atoms with van der Waals surface area (Å²) in [6.07, 6.45) is 9.11. The van der Waals surface area contributed by atoms with Crippen LogP contribution in [0.2, 0.25) is 0 Å². The Labute approximate surface area is 167 Å². The van der Waals surface area contributed by atoms with Crippen molar-refractivity contribution in [2.45, 2.75) is 40.0 Å². The molecule has 2 rings (SSSR count). The Morgan fingerprint density at radius 3 is 2.61 bits per heavy atom. The molecule has 0 saturated carbocycles. The molecule has 0 bridgehead atoms. The molecule has 0 unspecified atom stereocenters. The van der Waals surface area contributed by atoms with Crippen LogP contribution < -0.4 is 0 Å². The van der Waals surface area contributed by atoms with E-state index in [1.165, 1.54) is 17.8 Å². The Bertz CT molecular complexity index is 980. The van der Waals surface area contributed by atoms with E-state index in [9.17, 15) is 4.39 Å². The Morgan fingerprint density at radius 1 is 1.29 bits per heavy atom. The molecule has 1 N–H and O–H groups in total. The van der Waals surface area contributed by atoms with Crippen molar-refractivity contribution in [2.75, 3.05) is 0 Å². The van der Waals surface area contributed by atoms with Crippen LogP contribution in [0.5, 0.6) is 0 Å². The smallest absolute Gasteiger partial charge is 0.141 e. The van der Waals surface area contributed by atoms with Gasteiger partial charge in [0, 0.05) is 11.4 Å². The van der Waals surface area contributed by atoms with Gasteiger partial charge in [-0.15, -0.1) is 0 Å². The van der Waals surface area contributed by atoms with Crippen molar-refractivity contribution in [2.24, 2.45) is 0 Å². The second-order valence-electron chi connectivity index (χ2n) is 6.89. The van der Waals surface area contributed by atoms with Gasteiger partial charge >= 0.3 is 0 Å². The maximum absolute atomic E-state index is 14.0. The number of hydrogen-bond donors (Lipinski definition) is 1. The highest BCUT2D eigenvalue weighted by atomic mass is 19.1. The predicted molar refractivity (Wildman–Crippen MR) is 117 cm³/mol. The fourth-order valence-corrected chi connectivity index (χ4v) is 3.06. The monoisotopic (exact) mass is 374 g/mol. The number of unbranched alkanes of at least 4 members (excludes halogenated alkanes) is 1. The molecular weight excluding hydrogens is 347 g/mol. The van der Waals surface area contributed by atoms with Crippen molar-refractivity contribution in [1.29, 1.82) is 5.26 Å². The second-order valence-corrected chi connectivity index (χ2v) is 6.89. The number of allylic oxidation sites excluding steroid dienone is 6. The zero-order valence-electron chi connectivity index (χ0n) is 16.9. The SMILES string of the molecule is C=C(/C=C(\C=C/C)c1cc(C(=C)C)c(CCCC)[nH]1)c1ccc(C#N)c(F)c1. The molecule has 2 aromatic rings. The third-order valence-corrected chi connectivity index (χ3v) is 4.59. The standard InChI is InChI=1S/C25H27FN2/c1-6-8-10-24-22(17(3)4)15-25(28-24)20(9-7-2)13-18(5)19-11-12-21(16-27)23(26)14-19/h7,9,11-15,28H,3,5-6,8,10H2,1-2,4H3/b9-7-,20-13+. The lowest BCUT2D eigenvalue weighted by Gasteiger charge is -2.05. The Balaban J connectivity index is 2.44. The maximum atomic E-state index is 14.0. The van der Waals surface area contributed by atoms with Gasteiger partial charge in [0.1, 0.15) is 11.9 Å². The first-order chi connectivity index (χ1) is 13.4. The lowest BCUT2D eigenvalue weighted by Crippen LogP contribution is -1.91. The molecule has 0 aliphatic rings. The Hall–Kier alpha value is -3.12. The van der Waals surface area contributed by atoms with E-state index in [0.717, 1.165) is 41.7 Å². The molecule has 3 heteroatoms. The van der Waals surface area contributed by atoms with Gasteiger partial charge in [0.25, 0.3) is 0 Å². The first-order valence-electron chi connectivity index (χ1n) is 9.52. The molecular formula is C25H27FN2. The van der Waals surface area contributed by atoms with Gasteiger partial charge in [-0.25, -0.2) is 4.39 Å². The number of nitriles is 1. The number of H-pyrrole nitrogens is 1. The van der Waals surface area contributed by atoms with Gasteiger partial charge in [-0.3, -0.25) is 0 Å². The molecule has 0 atom stereocenters. The topological polar surface area (TPSA) is 39.6 Å². The summed E-state index contributed by atoms with van der Waals surface area (Å²) in [5, 5.41) is 8.90. The number of benzene rings is 1. The van der Waals surface area contributed by atoms with Crippen LogP contribution in [0.4, 0.5) is 4.39 Å². The molecule has 0 saturated heterocycles. The van der Waals surface area contributed by atoms with Crippen LogP contribution in [-0.4, -0.2) is 4.98 Å². The van der Waals surface area contributed by atoms with Gasteiger partial charge in [0.15, 0.2) is 0 Å². The van der Waals surface area contributed by atoms with Crippen molar-refractivity contribution in [3.05, 3.63) is 89.5 Å². The third-order valence-electron chi connectivity index (χ3n) is 4.59. The Morgan fingerprint density at radius 2 is 2.04 bits per heavy atom. The lowest BCUT2D eigenvalue weighted by atomic mass is 10.0. The van der Waals surface area contributed by atoms with Crippen LogP contribution in [0.25, 0.3) is 16.7 Å². The van der Waals surface area contributed by atoms with E-state index < -0.39 is 5.82 Å². The highest BCUT2D eigenvalue weighted by Gasteiger charge is 2.12. The number of nitrogens with one attached hydrogen (secondary N) is 1. The average Bonchev–Trinajstić information content (AvgIpc) is 3.10. The molecule has 144 valence electrons. The summed E-state index contributed by atoms with van der Waals surface area (Å²) in [5.41, 5.74) is 6.67. The molecule has 0 fully saturated rings. The summed E-state index contributed by atoms with van der Waals surface area (Å²) in [6, 6.07) is 8.51. The number of rotatable bonds is 8. The van der Waals surface area contributed by atoms with Crippen LogP contribution in [0.1, 0.15) is 61.7 Å². The zero-order valence-corrected chi connectivity index (χ0v) is 16.9. The van der Waals surface area contributed by atoms with Gasteiger partial charge in [-0.05, 0) is 78.8 Å². The van der Waals surface area contributed by atoms with E-state index in [-0.39, 0.29) is 5.56 Å². The van der Waals surface area contributed by atoms with Crippen LogP contribution in [-0.2, 0) is 6.42 Å². The van der Waals surface area contributed by atoms with Crippen molar-refractivity contribution >= 4 is 16.7 Å². The molecule has 0 aliphatic carbocycles. The fourth-order valence-electron chi connectivity index (χ4n) is 3.06. The highest BCUT2D eigenvalue weighted by molar-refractivity contribution is 5.87. The third kappa shape index (κ3) is 4.98. The van der Waals surface area contributed by atoms with Gasteiger partial charge in [0.2, 0.25) is 0 Å². The van der Waals surface area contributed by atoms with Gasteiger partial charge in [-0.2, -0.15) is 5.26 Å². The number of nitrogens with zero attached hydrogens (tertiary/aromatic N) is 1. The Kier molecular flexibility index (Phi) is 7.35. The summed E-state index contributed by atoms with van der Waals surface area (Å²) in [7, 11) is 0. The van der Waals surface area contributed by atoms with Crippen molar-refractivity contribution in [3.63, 3.8) is 0 Å². The van der Waals surface area contributed by atoms with Crippen LogP contribution in [0.15, 0.2) is 55.7 Å². The molecule has 28 heavy (non-hydrogen) atoms. The summed E-state index contributed by atoms with van der Waals surface area (Å²) in [6.45, 7) is 14.3. The first kappa shape index (κ1) is 21.2. The van der Waals surface area contributed by atoms with E-state index >= 15 is 0 Å². The number of hydrogen-bond acceptors (Lipinski definition) is 1. The van der Waals surface area contributed by atoms with Crippen LogP contribution >= 0.6 is 0 Å². The number of aromatic amines is 1. The first-order valence-corrected chi connectivity index (χ1v) is 9.52. The fraction of sp³-hybridized carbons (Fsp3) is 0.240. The normalized spacial score (nSPS) is 11.6. The molecule has 1 heterocycles. The second kappa shape index (κ2) is 9.71. The number of aryl methyl sites for hydroxylation is 1. The van der Waals surface area contributed by atoms with E-state index in [1.54, 1.807) is 6.07 Å². The highest BCUT2D eigenvalue weighted by Crippen LogP contribution is 2.28. The summed E-state index contributed by atoms with van der Waals surface area (Å²) in [4.78, 5) is 3.53. The van der Waals surface area contributed by atoms with Crippen molar-refractivity contribution in [1.82, 2.24) is 4.98 Å². The van der Waals surface area contributed by atoms with E-state index in [4.69, 9.17) is 5.26 Å². The number of aromatic nitrogens is 1. The van der Waals surface area contributed by atoms with E-state index in [2.05, 4.69) is 31.1 Å². The summed E-state index contributed by atoms with van der Waals surface area (Å²) in [5.74, 6) is -0.534. The lowest BCUT2D eigenvalue weighted by molar-refractivity contribution is 0.623. The number of halogens is 1. The van der Waals surface area contributed by atoms with Gasteiger partial charge in [-0.1, -0.05) is 44.7 Å². The predicted octanol–water partition coefficient (Wildman–Crippen LogP) is 7.07. The maximum Gasteiger partial charge on any atom is 0.141 e. The molecule has 2 nitrogen and oxygen atoms in total. The minimum atomic E-state index is -0.534. The average molecular weight is 375 g/mol. The molecule has 0 amide bonds. The van der Waals surface area contributed by atoms with Crippen LogP contribution in [0, 0.1) is 17.1 Å². The van der Waals surface area contributed by atoms with Gasteiger partial charge < -0.3 is 4.98 Å². The van der Waals surface area contributed by atoms with Crippen molar-refractivity contribution < 1.29 is 4.39 Å². The van der Waals surface area contributed by atoms with Crippen LogP contribution in [0.3, 0.4) is 0 Å². The van der Waals surface area contributed by atoms with Gasteiger partial charge in [0.05, 0.1) is 5.56 Å². The largest absolute Gasteiger partial charge is 0.358 e.